The summed E-state index contributed by atoms with van der Waals surface area (Å²) >= 11 is 0. The van der Waals surface area contributed by atoms with Crippen molar-refractivity contribution < 1.29 is 9.68 Å². The topological polar surface area (TPSA) is 49.3 Å². The van der Waals surface area contributed by atoms with Crippen LogP contribution in [0.1, 0.15) is 11.1 Å². The summed E-state index contributed by atoms with van der Waals surface area (Å²) in [5.74, 6) is 0.949. The zero-order valence-electron chi connectivity index (χ0n) is 9.30. The molecular formula is C14H13N2O+. The fraction of sp³-hybridized carbons (Fsp3) is 0.0714. The minimum absolute atomic E-state index is 0.253. The third kappa shape index (κ3) is 1.47. The van der Waals surface area contributed by atoms with Crippen molar-refractivity contribution in [1.29, 1.82) is 0 Å². The summed E-state index contributed by atoms with van der Waals surface area (Å²) in [6.45, 7) is 0.708. The van der Waals surface area contributed by atoms with Crippen LogP contribution >= 0.6 is 0 Å². The lowest BCUT2D eigenvalue weighted by atomic mass is 10.1. The standard InChI is InChI=1S/C14H12N2O/c15-14-11-6-2-1-5-10(11)9-16(14)12-7-3-4-8-13(12)17/h1-8,15,17H,9H2/p+1. The fourth-order valence-corrected chi connectivity index (χ4v) is 2.22. The average Bonchev–Trinajstić information content (AvgIpc) is 2.68. The van der Waals surface area contributed by atoms with Gasteiger partial charge in [-0.2, -0.15) is 0 Å². The predicted octanol–water partition coefficient (Wildman–Crippen LogP) is 1.96. The minimum Gasteiger partial charge on any atom is -0.504 e. The van der Waals surface area contributed by atoms with Crippen LogP contribution in [0.15, 0.2) is 48.5 Å². The quantitative estimate of drug-likeness (QED) is 0.729. The van der Waals surface area contributed by atoms with Crippen LogP contribution in [-0.4, -0.2) is 15.5 Å². The molecule has 1 aliphatic rings. The van der Waals surface area contributed by atoms with E-state index in [1.165, 1.54) is 5.56 Å². The number of nitrogens with zero attached hydrogens (tertiary/aromatic N) is 1. The Bertz CT molecular complexity index is 617. The van der Waals surface area contributed by atoms with E-state index in [2.05, 4.69) is 6.07 Å². The molecule has 3 N–H and O–H groups in total. The summed E-state index contributed by atoms with van der Waals surface area (Å²) in [6.07, 6.45) is 0. The van der Waals surface area contributed by atoms with Gasteiger partial charge in [-0.25, -0.2) is 4.58 Å². The lowest BCUT2D eigenvalue weighted by Crippen LogP contribution is -2.20. The predicted molar refractivity (Wildman–Crippen MR) is 66.5 cm³/mol. The summed E-state index contributed by atoms with van der Waals surface area (Å²) in [5, 5.41) is 9.86. The normalized spacial score (nSPS) is 13.9. The second kappa shape index (κ2) is 3.63. The van der Waals surface area contributed by atoms with Crippen molar-refractivity contribution >= 4 is 11.5 Å². The van der Waals surface area contributed by atoms with Crippen molar-refractivity contribution in [3.05, 3.63) is 59.7 Å². The first-order valence-corrected chi connectivity index (χ1v) is 5.53. The zero-order chi connectivity index (χ0) is 11.8. The molecule has 0 aliphatic carbocycles. The van der Waals surface area contributed by atoms with Gasteiger partial charge in [0.25, 0.3) is 5.84 Å². The maximum absolute atomic E-state index is 9.86. The van der Waals surface area contributed by atoms with Gasteiger partial charge in [-0.1, -0.05) is 30.3 Å². The van der Waals surface area contributed by atoms with E-state index in [0.717, 1.165) is 11.3 Å². The number of hydrogen-bond acceptors (Lipinski definition) is 2. The fourth-order valence-electron chi connectivity index (χ4n) is 2.22. The molecule has 0 amide bonds. The van der Waals surface area contributed by atoms with Crippen molar-refractivity contribution in [2.45, 2.75) is 6.54 Å². The van der Waals surface area contributed by atoms with E-state index in [0.29, 0.717) is 12.4 Å². The van der Waals surface area contributed by atoms with Gasteiger partial charge in [0.1, 0.15) is 6.54 Å². The number of benzene rings is 2. The van der Waals surface area contributed by atoms with Crippen LogP contribution in [0.25, 0.3) is 0 Å². The molecule has 2 aromatic carbocycles. The molecule has 84 valence electrons. The Balaban J connectivity index is 2.15. The molecule has 2 aromatic rings. The Morgan fingerprint density at radius 1 is 1.00 bits per heavy atom. The number of hydrogen-bond donors (Lipinski definition) is 2. The van der Waals surface area contributed by atoms with Crippen LogP contribution in [0, 0.1) is 0 Å². The first-order chi connectivity index (χ1) is 8.27. The molecule has 0 aromatic heterocycles. The summed E-state index contributed by atoms with van der Waals surface area (Å²) in [5.41, 5.74) is 9.11. The highest BCUT2D eigenvalue weighted by Crippen LogP contribution is 2.30. The number of phenols is 1. The molecule has 0 radical (unpaired) electrons. The van der Waals surface area contributed by atoms with E-state index < -0.39 is 0 Å². The molecule has 1 heterocycles. The van der Waals surface area contributed by atoms with Gasteiger partial charge >= 0.3 is 0 Å². The summed E-state index contributed by atoms with van der Waals surface area (Å²) in [4.78, 5) is 0. The van der Waals surface area contributed by atoms with E-state index in [-0.39, 0.29) is 5.75 Å². The van der Waals surface area contributed by atoms with Crippen LogP contribution in [0.3, 0.4) is 0 Å². The number of rotatable bonds is 1. The molecule has 0 atom stereocenters. The SMILES string of the molecule is NC1=[N+](c2ccccc2O)Cc2ccccc21. The van der Waals surface area contributed by atoms with E-state index in [4.69, 9.17) is 5.73 Å². The maximum Gasteiger partial charge on any atom is 0.280 e. The highest BCUT2D eigenvalue weighted by Gasteiger charge is 2.26. The van der Waals surface area contributed by atoms with Crippen LogP contribution in [0.5, 0.6) is 5.75 Å². The molecule has 17 heavy (non-hydrogen) atoms. The van der Waals surface area contributed by atoms with Gasteiger partial charge in [-0.3, -0.25) is 5.73 Å². The van der Waals surface area contributed by atoms with Gasteiger partial charge in [-0.05, 0) is 18.2 Å². The molecular weight excluding hydrogens is 212 g/mol. The smallest absolute Gasteiger partial charge is 0.280 e. The molecule has 0 fully saturated rings. The first kappa shape index (κ1) is 9.90. The highest BCUT2D eigenvalue weighted by molar-refractivity contribution is 5.97. The Labute approximate surface area is 99.5 Å². The number of amidine groups is 1. The third-order valence-corrected chi connectivity index (χ3v) is 3.09. The summed E-state index contributed by atoms with van der Waals surface area (Å²) < 4.78 is 1.93. The van der Waals surface area contributed by atoms with Gasteiger partial charge in [0, 0.05) is 5.56 Å². The van der Waals surface area contributed by atoms with Crippen LogP contribution in [-0.2, 0) is 6.54 Å². The number of phenolic OH excluding ortho intramolecular Hbond substituents is 1. The van der Waals surface area contributed by atoms with Gasteiger partial charge in [0.05, 0.1) is 5.56 Å². The second-order valence-electron chi connectivity index (χ2n) is 4.12. The molecule has 3 heteroatoms. The summed E-state index contributed by atoms with van der Waals surface area (Å²) in [6, 6.07) is 15.3. The number of aromatic hydroxyl groups is 1. The third-order valence-electron chi connectivity index (χ3n) is 3.09. The largest absolute Gasteiger partial charge is 0.504 e. The van der Waals surface area contributed by atoms with Gasteiger partial charge in [-0.15, -0.1) is 0 Å². The number of para-hydroxylation sites is 2. The van der Waals surface area contributed by atoms with Crippen molar-refractivity contribution in [3.63, 3.8) is 0 Å². The van der Waals surface area contributed by atoms with Gasteiger partial charge in [0.2, 0.25) is 0 Å². The average molecular weight is 225 g/mol. The Hall–Kier alpha value is -2.29. The van der Waals surface area contributed by atoms with Crippen molar-refractivity contribution in [2.24, 2.45) is 5.73 Å². The van der Waals surface area contributed by atoms with Crippen LogP contribution < -0.4 is 5.73 Å². The Kier molecular flexibility index (Phi) is 2.11. The highest BCUT2D eigenvalue weighted by atomic mass is 16.3. The van der Waals surface area contributed by atoms with Crippen molar-refractivity contribution in [2.75, 3.05) is 0 Å². The molecule has 1 aliphatic heterocycles. The van der Waals surface area contributed by atoms with Gasteiger partial charge in [0.15, 0.2) is 11.4 Å². The lowest BCUT2D eigenvalue weighted by Gasteiger charge is -2.04. The number of nitrogens with two attached hydrogens (primary N) is 1. The molecule has 0 unspecified atom stereocenters. The Morgan fingerprint density at radius 2 is 1.71 bits per heavy atom. The van der Waals surface area contributed by atoms with E-state index in [9.17, 15) is 5.11 Å². The van der Waals surface area contributed by atoms with Crippen LogP contribution in [0.4, 0.5) is 5.69 Å². The summed E-state index contributed by atoms with van der Waals surface area (Å²) in [7, 11) is 0. The molecule has 0 bridgehead atoms. The van der Waals surface area contributed by atoms with E-state index in [1.54, 1.807) is 12.1 Å². The van der Waals surface area contributed by atoms with E-state index in [1.807, 2.05) is 34.9 Å². The van der Waals surface area contributed by atoms with Crippen molar-refractivity contribution in [1.82, 2.24) is 0 Å². The second-order valence-corrected chi connectivity index (χ2v) is 4.12. The lowest BCUT2D eigenvalue weighted by molar-refractivity contribution is -0.454. The zero-order valence-corrected chi connectivity index (χ0v) is 9.30. The molecule has 0 saturated carbocycles. The molecule has 3 rings (SSSR count). The molecule has 0 spiro atoms. The minimum atomic E-state index is 0.253. The Morgan fingerprint density at radius 3 is 2.47 bits per heavy atom. The van der Waals surface area contributed by atoms with Crippen molar-refractivity contribution in [3.8, 4) is 5.75 Å². The number of fused-ring (bicyclic) bond motifs is 1. The van der Waals surface area contributed by atoms with Gasteiger partial charge < -0.3 is 5.11 Å². The maximum atomic E-state index is 9.86. The van der Waals surface area contributed by atoms with Crippen LogP contribution in [0.2, 0.25) is 0 Å². The molecule has 3 nitrogen and oxygen atoms in total. The molecule has 0 saturated heterocycles. The first-order valence-electron chi connectivity index (χ1n) is 5.53. The van der Waals surface area contributed by atoms with E-state index >= 15 is 0 Å². The monoisotopic (exact) mass is 225 g/mol.